The predicted molar refractivity (Wildman–Crippen MR) is 117 cm³/mol. The van der Waals surface area contributed by atoms with Crippen LogP contribution >= 0.6 is 0 Å². The molecule has 3 atom stereocenters. The summed E-state index contributed by atoms with van der Waals surface area (Å²) in [6, 6.07) is 7.44. The van der Waals surface area contributed by atoms with Gasteiger partial charge < -0.3 is 10.1 Å². The van der Waals surface area contributed by atoms with E-state index in [0.717, 1.165) is 25.7 Å². The zero-order valence-electron chi connectivity index (χ0n) is 18.8. The lowest BCUT2D eigenvalue weighted by atomic mass is 9.86. The van der Waals surface area contributed by atoms with Crippen molar-refractivity contribution in [3.8, 4) is 0 Å². The lowest BCUT2D eigenvalue weighted by molar-refractivity contribution is -0.170. The molecule has 0 bridgehead atoms. The molecule has 0 aliphatic heterocycles. The van der Waals surface area contributed by atoms with Gasteiger partial charge in [-0.15, -0.1) is 0 Å². The van der Waals surface area contributed by atoms with E-state index in [9.17, 15) is 19.6 Å². The molecule has 0 heterocycles. The molecule has 31 heavy (non-hydrogen) atoms. The van der Waals surface area contributed by atoms with Crippen molar-refractivity contribution < 1.29 is 24.3 Å². The number of carbonyl (C=O) groups is 3. The number of esters is 1. The fourth-order valence-electron chi connectivity index (χ4n) is 4.25. The molecule has 1 aliphatic rings. The summed E-state index contributed by atoms with van der Waals surface area (Å²) in [7, 11) is 0. The second kappa shape index (κ2) is 12.4. The van der Waals surface area contributed by atoms with Gasteiger partial charge in [-0.1, -0.05) is 57.5 Å². The summed E-state index contributed by atoms with van der Waals surface area (Å²) in [5.74, 6) is -1.33. The molecule has 0 unspecified atom stereocenters. The van der Waals surface area contributed by atoms with Crippen LogP contribution in [0.2, 0.25) is 0 Å². The number of ether oxygens (including phenoxy) is 1. The highest BCUT2D eigenvalue weighted by molar-refractivity contribution is 5.87. The fraction of sp³-hybridized carbons (Fsp3) is 0.625. The van der Waals surface area contributed by atoms with E-state index in [2.05, 4.69) is 5.32 Å². The molecule has 0 aromatic heterocycles. The van der Waals surface area contributed by atoms with Gasteiger partial charge in [-0.05, 0) is 50.0 Å². The normalized spacial score (nSPS) is 17.1. The minimum Gasteiger partial charge on any atom is -0.461 e. The molecular weight excluding hydrogens is 396 g/mol. The molecule has 2 N–H and O–H groups in total. The molecule has 1 aromatic rings. The number of rotatable bonds is 12. The van der Waals surface area contributed by atoms with Crippen molar-refractivity contribution in [2.45, 2.75) is 83.9 Å². The maximum absolute atomic E-state index is 13.4. The number of benzene rings is 1. The molecular formula is C24H36N2O5. The van der Waals surface area contributed by atoms with Crippen molar-refractivity contribution >= 4 is 18.3 Å². The molecule has 2 rings (SSSR count). The summed E-state index contributed by atoms with van der Waals surface area (Å²) < 4.78 is 5.70. The average Bonchev–Trinajstić information content (AvgIpc) is 3.27. The monoisotopic (exact) mass is 432 g/mol. The van der Waals surface area contributed by atoms with E-state index >= 15 is 0 Å². The van der Waals surface area contributed by atoms with Crippen molar-refractivity contribution in [3.63, 3.8) is 0 Å². The zero-order valence-corrected chi connectivity index (χ0v) is 18.8. The Kier molecular flexibility index (Phi) is 9.98. The van der Waals surface area contributed by atoms with Crippen molar-refractivity contribution in [3.05, 3.63) is 35.9 Å². The Morgan fingerprint density at radius 1 is 1.23 bits per heavy atom. The molecule has 1 saturated carbocycles. The van der Waals surface area contributed by atoms with Crippen LogP contribution in [0.15, 0.2) is 30.3 Å². The first-order valence-corrected chi connectivity index (χ1v) is 11.4. The van der Waals surface area contributed by atoms with Crippen molar-refractivity contribution in [1.82, 2.24) is 10.4 Å². The number of hydrogen-bond acceptors (Lipinski definition) is 5. The Morgan fingerprint density at radius 3 is 2.42 bits per heavy atom. The van der Waals surface area contributed by atoms with Gasteiger partial charge in [0.25, 0.3) is 0 Å². The van der Waals surface area contributed by atoms with Crippen molar-refractivity contribution in [2.75, 3.05) is 0 Å². The van der Waals surface area contributed by atoms with Crippen LogP contribution in [0, 0.1) is 11.8 Å². The minimum absolute atomic E-state index is 0.113. The Hall–Kier alpha value is -2.41. The summed E-state index contributed by atoms with van der Waals surface area (Å²) in [6.07, 6.45) is 5.62. The molecule has 0 saturated heterocycles. The van der Waals surface area contributed by atoms with Crippen LogP contribution in [-0.4, -0.2) is 40.7 Å². The molecule has 0 radical (unpaired) electrons. The molecule has 1 aliphatic carbocycles. The summed E-state index contributed by atoms with van der Waals surface area (Å²) in [5, 5.41) is 13.6. The zero-order chi connectivity index (χ0) is 22.8. The van der Waals surface area contributed by atoms with Crippen LogP contribution in [0.25, 0.3) is 0 Å². The van der Waals surface area contributed by atoms with E-state index in [-0.39, 0.29) is 17.9 Å². The van der Waals surface area contributed by atoms with Crippen LogP contribution in [0.4, 0.5) is 0 Å². The van der Waals surface area contributed by atoms with E-state index < -0.39 is 24.0 Å². The van der Waals surface area contributed by atoms with E-state index in [0.29, 0.717) is 36.3 Å². The fourth-order valence-corrected chi connectivity index (χ4v) is 4.25. The Morgan fingerprint density at radius 2 is 1.87 bits per heavy atom. The quantitative estimate of drug-likeness (QED) is 0.225. The highest BCUT2D eigenvalue weighted by atomic mass is 16.5. The molecule has 1 aromatic carbocycles. The summed E-state index contributed by atoms with van der Waals surface area (Å²) in [6.45, 7) is 5.89. The van der Waals surface area contributed by atoms with Gasteiger partial charge >= 0.3 is 5.97 Å². The lowest BCUT2D eigenvalue weighted by Gasteiger charge is -2.32. The van der Waals surface area contributed by atoms with Gasteiger partial charge in [-0.3, -0.25) is 14.8 Å². The van der Waals surface area contributed by atoms with Gasteiger partial charge in [0.2, 0.25) is 12.3 Å². The van der Waals surface area contributed by atoms with Gasteiger partial charge in [-0.25, -0.2) is 9.86 Å². The largest absolute Gasteiger partial charge is 0.461 e. The number of amides is 2. The van der Waals surface area contributed by atoms with E-state index in [1.165, 1.54) is 0 Å². The van der Waals surface area contributed by atoms with Gasteiger partial charge in [0.1, 0.15) is 6.10 Å². The second-order valence-electron chi connectivity index (χ2n) is 8.77. The third-order valence-corrected chi connectivity index (χ3v) is 5.80. The van der Waals surface area contributed by atoms with Crippen LogP contribution in [-0.2, 0) is 19.1 Å². The average molecular weight is 433 g/mol. The number of nitrogens with zero attached hydrogens (tertiary/aromatic N) is 1. The highest BCUT2D eigenvalue weighted by Crippen LogP contribution is 2.26. The molecule has 2 amide bonds. The Balaban J connectivity index is 2.26. The molecule has 7 heteroatoms. The minimum atomic E-state index is -0.936. The van der Waals surface area contributed by atoms with Crippen LogP contribution in [0.5, 0.6) is 0 Å². The maximum Gasteiger partial charge on any atom is 0.333 e. The van der Waals surface area contributed by atoms with E-state index in [1.54, 1.807) is 12.1 Å². The first-order chi connectivity index (χ1) is 14.9. The Labute approximate surface area is 185 Å². The summed E-state index contributed by atoms with van der Waals surface area (Å²) in [4.78, 5) is 37.6. The number of hydrogen-bond donors (Lipinski definition) is 2. The Bertz CT molecular complexity index is 703. The smallest absolute Gasteiger partial charge is 0.333 e. The van der Waals surface area contributed by atoms with Crippen LogP contribution in [0.3, 0.4) is 0 Å². The first-order valence-electron chi connectivity index (χ1n) is 11.4. The van der Waals surface area contributed by atoms with E-state index in [4.69, 9.17) is 4.74 Å². The standard InChI is InChI=1S/C24H36N2O5/c1-4-10-21(26(30)16-27)20(15-17(2)3)23(28)25-22(18-11-6-5-7-12-18)24(29)31-19-13-8-9-14-19/h5-7,11-12,16-17,19-22,30H,4,8-10,13-15H2,1-3H3,(H,25,28)/t20-,21+,22+/m1/s1. The topological polar surface area (TPSA) is 95.9 Å². The maximum atomic E-state index is 13.4. The van der Waals surface area contributed by atoms with E-state index in [1.807, 2.05) is 39.0 Å². The van der Waals surface area contributed by atoms with Gasteiger partial charge in [0.05, 0.1) is 12.0 Å². The van der Waals surface area contributed by atoms with Crippen LogP contribution in [0.1, 0.15) is 77.3 Å². The van der Waals surface area contributed by atoms with Gasteiger partial charge in [-0.2, -0.15) is 0 Å². The molecule has 1 fully saturated rings. The van der Waals surface area contributed by atoms with Crippen molar-refractivity contribution in [1.29, 1.82) is 0 Å². The second-order valence-corrected chi connectivity index (χ2v) is 8.77. The molecule has 0 spiro atoms. The number of hydroxylamine groups is 2. The van der Waals surface area contributed by atoms with Crippen molar-refractivity contribution in [2.24, 2.45) is 11.8 Å². The third-order valence-electron chi connectivity index (χ3n) is 5.80. The SMILES string of the molecule is CCC[C@@H]([C@@H](CC(C)C)C(=O)N[C@H](C(=O)OC1CCCC1)c1ccccc1)N(O)C=O. The summed E-state index contributed by atoms with van der Waals surface area (Å²) in [5.41, 5.74) is 0.644. The van der Waals surface area contributed by atoms with Gasteiger partial charge in [0.15, 0.2) is 6.04 Å². The lowest BCUT2D eigenvalue weighted by Crippen LogP contribution is -2.48. The predicted octanol–water partition coefficient (Wildman–Crippen LogP) is 4.01. The number of carbonyl (C=O) groups excluding carboxylic acids is 3. The number of nitrogens with one attached hydrogen (secondary N) is 1. The van der Waals surface area contributed by atoms with Gasteiger partial charge in [0, 0.05) is 0 Å². The summed E-state index contributed by atoms with van der Waals surface area (Å²) >= 11 is 0. The third kappa shape index (κ3) is 7.35. The highest BCUT2D eigenvalue weighted by Gasteiger charge is 2.36. The molecule has 172 valence electrons. The molecule has 7 nitrogen and oxygen atoms in total. The van der Waals surface area contributed by atoms with Crippen LogP contribution < -0.4 is 5.32 Å². The first kappa shape index (κ1) is 24.9.